The minimum Gasteiger partial charge on any atom is -0.350 e. The van der Waals surface area contributed by atoms with Gasteiger partial charge in [0.25, 0.3) is 0 Å². The lowest BCUT2D eigenvalue weighted by Gasteiger charge is -2.34. The van der Waals surface area contributed by atoms with Crippen LogP contribution in [0, 0.1) is 6.92 Å². The van der Waals surface area contributed by atoms with Crippen LogP contribution in [0.2, 0.25) is 15.1 Å². The largest absolute Gasteiger partial charge is 0.350 e. The van der Waals surface area contributed by atoms with Gasteiger partial charge in [-0.15, -0.1) is 0 Å². The van der Waals surface area contributed by atoms with E-state index in [2.05, 4.69) is 5.32 Å². The van der Waals surface area contributed by atoms with E-state index in [1.165, 1.54) is 4.31 Å². The third-order valence-electron chi connectivity index (χ3n) is 6.77. The number of rotatable bonds is 12. The van der Waals surface area contributed by atoms with Crippen LogP contribution >= 0.6 is 34.8 Å². The van der Waals surface area contributed by atoms with Crippen LogP contribution in [0.25, 0.3) is 0 Å². The molecule has 1 atom stereocenters. The van der Waals surface area contributed by atoms with E-state index < -0.39 is 21.6 Å². The zero-order valence-electron chi connectivity index (χ0n) is 25.0. The van der Waals surface area contributed by atoms with E-state index in [-0.39, 0.29) is 44.2 Å². The van der Waals surface area contributed by atoms with E-state index in [0.717, 1.165) is 11.8 Å². The first-order valence-corrected chi connectivity index (χ1v) is 16.9. The highest BCUT2D eigenvalue weighted by Gasteiger charge is 2.32. The number of sulfonamides is 1. The molecule has 0 aromatic heterocycles. The van der Waals surface area contributed by atoms with Gasteiger partial charge < -0.3 is 10.2 Å². The Hall–Kier alpha value is -2.78. The van der Waals surface area contributed by atoms with Crippen LogP contribution in [-0.2, 0) is 32.6 Å². The van der Waals surface area contributed by atoms with Crippen molar-refractivity contribution in [1.82, 2.24) is 10.2 Å². The molecule has 3 aromatic carbocycles. The van der Waals surface area contributed by atoms with E-state index in [9.17, 15) is 18.0 Å². The summed E-state index contributed by atoms with van der Waals surface area (Å²) in [5.74, 6) is -0.593. The minimum absolute atomic E-state index is 0.00103. The van der Waals surface area contributed by atoms with Gasteiger partial charge in [0, 0.05) is 36.5 Å². The Morgan fingerprint density at radius 3 is 2.16 bits per heavy atom. The monoisotopic (exact) mass is 665 g/mol. The minimum atomic E-state index is -3.67. The van der Waals surface area contributed by atoms with Crippen LogP contribution < -0.4 is 9.62 Å². The molecule has 0 saturated heterocycles. The first kappa shape index (κ1) is 34.7. The number of anilines is 1. The van der Waals surface area contributed by atoms with E-state index in [0.29, 0.717) is 31.9 Å². The quantitative estimate of drug-likeness (QED) is 0.224. The summed E-state index contributed by atoms with van der Waals surface area (Å²) in [5.41, 5.74) is 2.15. The molecular formula is C32H38Cl3N3O4S. The third kappa shape index (κ3) is 10.1. The molecule has 43 heavy (non-hydrogen) atoms. The van der Waals surface area contributed by atoms with Gasteiger partial charge in [-0.05, 0) is 75.1 Å². The molecule has 0 radical (unpaired) electrons. The molecular weight excluding hydrogens is 629 g/mol. The Balaban J connectivity index is 1.94. The second kappa shape index (κ2) is 14.8. The van der Waals surface area contributed by atoms with Gasteiger partial charge in [0.1, 0.15) is 6.04 Å². The number of carbonyl (C=O) groups excluding carboxylic acids is 2. The number of hydrogen-bond acceptors (Lipinski definition) is 4. The van der Waals surface area contributed by atoms with Crippen molar-refractivity contribution < 1.29 is 18.0 Å². The number of nitrogens with one attached hydrogen (secondary N) is 1. The molecule has 0 aliphatic heterocycles. The second-order valence-electron chi connectivity index (χ2n) is 11.5. The molecule has 1 unspecified atom stereocenters. The molecule has 0 spiro atoms. The Morgan fingerprint density at radius 2 is 1.56 bits per heavy atom. The highest BCUT2D eigenvalue weighted by atomic mass is 35.5. The van der Waals surface area contributed by atoms with Crippen molar-refractivity contribution in [2.24, 2.45) is 0 Å². The fourth-order valence-electron chi connectivity index (χ4n) is 4.69. The predicted molar refractivity (Wildman–Crippen MR) is 176 cm³/mol. The molecule has 0 fully saturated rings. The molecule has 3 rings (SSSR count). The van der Waals surface area contributed by atoms with Gasteiger partial charge in [-0.1, -0.05) is 77.3 Å². The lowest BCUT2D eigenvalue weighted by molar-refractivity contribution is -0.142. The molecule has 1 N–H and O–H groups in total. The van der Waals surface area contributed by atoms with Crippen molar-refractivity contribution >= 4 is 62.3 Å². The van der Waals surface area contributed by atoms with Crippen LogP contribution in [0.3, 0.4) is 0 Å². The molecule has 232 valence electrons. The number of hydrogen-bond donors (Lipinski definition) is 1. The first-order valence-electron chi connectivity index (χ1n) is 13.9. The zero-order chi connectivity index (χ0) is 31.9. The number of halogens is 3. The Kier molecular flexibility index (Phi) is 11.9. The topological polar surface area (TPSA) is 86.8 Å². The van der Waals surface area contributed by atoms with Gasteiger partial charge in [0.15, 0.2) is 0 Å². The standard InChI is InChI=1S/C32H38Cl3N3O4S/c1-22-25(33)13-9-14-28(22)38(43(5,41)42)18-10-15-30(39)37(21-24-16-17-26(34)27(35)19-24)29(31(40)36-32(2,3)4)20-23-11-7-6-8-12-23/h6-9,11-14,16-17,19,29H,10,15,18,20-21H2,1-5H3,(H,36,40). The SMILES string of the molecule is Cc1c(Cl)cccc1N(CCCC(=O)N(Cc1ccc(Cl)c(Cl)c1)C(Cc1ccccc1)C(=O)NC(C)(C)C)S(C)(=O)=O. The van der Waals surface area contributed by atoms with Crippen LogP contribution in [0.5, 0.6) is 0 Å². The van der Waals surface area contributed by atoms with Gasteiger partial charge in [0.05, 0.1) is 22.0 Å². The zero-order valence-corrected chi connectivity index (χ0v) is 28.1. The summed E-state index contributed by atoms with van der Waals surface area (Å²) in [6.07, 6.45) is 1.63. The first-order chi connectivity index (χ1) is 20.1. The normalized spacial score (nSPS) is 12.5. The Bertz CT molecular complexity index is 1540. The highest BCUT2D eigenvalue weighted by Crippen LogP contribution is 2.29. The average Bonchev–Trinajstić information content (AvgIpc) is 2.91. The predicted octanol–water partition coefficient (Wildman–Crippen LogP) is 7.06. The molecule has 0 heterocycles. The van der Waals surface area contributed by atoms with Gasteiger partial charge in [-0.25, -0.2) is 8.42 Å². The van der Waals surface area contributed by atoms with Crippen molar-refractivity contribution in [2.75, 3.05) is 17.1 Å². The van der Waals surface area contributed by atoms with Crippen molar-refractivity contribution in [1.29, 1.82) is 0 Å². The summed E-state index contributed by atoms with van der Waals surface area (Å²) >= 11 is 18.7. The highest BCUT2D eigenvalue weighted by molar-refractivity contribution is 7.92. The van der Waals surface area contributed by atoms with E-state index in [1.807, 2.05) is 51.1 Å². The van der Waals surface area contributed by atoms with Gasteiger partial charge >= 0.3 is 0 Å². The lowest BCUT2D eigenvalue weighted by atomic mass is 10.00. The lowest BCUT2D eigenvalue weighted by Crippen LogP contribution is -2.54. The van der Waals surface area contributed by atoms with Crippen LogP contribution in [0.4, 0.5) is 5.69 Å². The van der Waals surface area contributed by atoms with Crippen LogP contribution in [0.15, 0.2) is 66.7 Å². The number of nitrogens with zero attached hydrogens (tertiary/aromatic N) is 2. The van der Waals surface area contributed by atoms with Crippen LogP contribution in [-0.4, -0.2) is 49.5 Å². The van der Waals surface area contributed by atoms with Gasteiger partial charge in [-0.2, -0.15) is 0 Å². The maximum atomic E-state index is 14.0. The van der Waals surface area contributed by atoms with E-state index >= 15 is 0 Å². The van der Waals surface area contributed by atoms with E-state index in [4.69, 9.17) is 34.8 Å². The molecule has 2 amide bonds. The smallest absolute Gasteiger partial charge is 0.243 e. The molecule has 0 aliphatic rings. The van der Waals surface area contributed by atoms with Crippen molar-refractivity contribution in [3.63, 3.8) is 0 Å². The van der Waals surface area contributed by atoms with Crippen molar-refractivity contribution in [3.05, 3.63) is 98.5 Å². The summed E-state index contributed by atoms with van der Waals surface area (Å²) < 4.78 is 26.8. The number of benzene rings is 3. The summed E-state index contributed by atoms with van der Waals surface area (Å²) in [5, 5.41) is 4.20. The fourth-order valence-corrected chi connectivity index (χ4v) is 6.20. The summed E-state index contributed by atoms with van der Waals surface area (Å²) in [6, 6.07) is 18.8. The summed E-state index contributed by atoms with van der Waals surface area (Å²) in [6.45, 7) is 7.56. The van der Waals surface area contributed by atoms with E-state index in [1.54, 1.807) is 48.2 Å². The Labute approximate surface area is 270 Å². The van der Waals surface area contributed by atoms with Gasteiger partial charge in [-0.3, -0.25) is 13.9 Å². The Morgan fingerprint density at radius 1 is 0.884 bits per heavy atom. The maximum absolute atomic E-state index is 14.0. The van der Waals surface area contributed by atoms with Crippen molar-refractivity contribution in [3.8, 4) is 0 Å². The van der Waals surface area contributed by atoms with Crippen LogP contribution in [0.1, 0.15) is 50.3 Å². The summed E-state index contributed by atoms with van der Waals surface area (Å²) in [7, 11) is -3.67. The second-order valence-corrected chi connectivity index (χ2v) is 14.7. The molecule has 3 aromatic rings. The average molecular weight is 667 g/mol. The summed E-state index contributed by atoms with van der Waals surface area (Å²) in [4.78, 5) is 29.3. The molecule has 0 aliphatic carbocycles. The molecule has 0 saturated carbocycles. The molecule has 0 bridgehead atoms. The third-order valence-corrected chi connectivity index (χ3v) is 9.09. The molecule has 7 nitrogen and oxygen atoms in total. The number of carbonyl (C=O) groups is 2. The number of amides is 2. The van der Waals surface area contributed by atoms with Gasteiger partial charge in [0.2, 0.25) is 21.8 Å². The van der Waals surface area contributed by atoms with Crippen molar-refractivity contribution in [2.45, 2.75) is 65.1 Å². The maximum Gasteiger partial charge on any atom is 0.243 e. The molecule has 11 heteroatoms. The fraction of sp³-hybridized carbons (Fsp3) is 0.375.